The van der Waals surface area contributed by atoms with Crippen molar-refractivity contribution in [3.63, 3.8) is 0 Å². The first kappa shape index (κ1) is 13.8. The van der Waals surface area contributed by atoms with Crippen LogP contribution in [0.25, 0.3) is 22.0 Å². The van der Waals surface area contributed by atoms with E-state index in [0.717, 1.165) is 5.69 Å². The van der Waals surface area contributed by atoms with Gasteiger partial charge in [0.1, 0.15) is 0 Å². The lowest BCUT2D eigenvalue weighted by molar-refractivity contribution is 0.717. The first-order valence-corrected chi connectivity index (χ1v) is 7.81. The van der Waals surface area contributed by atoms with E-state index in [4.69, 9.17) is 0 Å². The summed E-state index contributed by atoms with van der Waals surface area (Å²) in [7, 11) is 0. The van der Waals surface area contributed by atoms with Gasteiger partial charge in [-0.1, -0.05) is 68.3 Å². The minimum Gasteiger partial charge on any atom is -0.256 e. The van der Waals surface area contributed by atoms with Crippen LogP contribution < -0.4 is 0 Å². The van der Waals surface area contributed by atoms with Crippen LogP contribution in [-0.4, -0.2) is 4.98 Å². The summed E-state index contributed by atoms with van der Waals surface area (Å²) >= 11 is 0. The third-order valence-corrected chi connectivity index (χ3v) is 3.95. The Morgan fingerprint density at radius 3 is 2.38 bits per heavy atom. The van der Waals surface area contributed by atoms with E-state index in [1.54, 1.807) is 0 Å². The molecule has 1 heteroatoms. The SMILES string of the molecule is CCCCCc1ccc(-c2cc3ccccc3cn2)cc1. The third-order valence-electron chi connectivity index (χ3n) is 3.95. The molecule has 0 spiro atoms. The first-order chi connectivity index (χ1) is 10.4. The molecule has 0 unspecified atom stereocenters. The van der Waals surface area contributed by atoms with Crippen LogP contribution >= 0.6 is 0 Å². The van der Waals surface area contributed by atoms with E-state index in [0.29, 0.717) is 0 Å². The van der Waals surface area contributed by atoms with Crippen LogP contribution in [-0.2, 0) is 6.42 Å². The van der Waals surface area contributed by atoms with E-state index in [1.807, 2.05) is 6.20 Å². The average molecular weight is 275 g/mol. The summed E-state index contributed by atoms with van der Waals surface area (Å²) in [5, 5.41) is 2.44. The van der Waals surface area contributed by atoms with Crippen molar-refractivity contribution in [1.29, 1.82) is 0 Å². The molecule has 0 N–H and O–H groups in total. The molecule has 1 nitrogen and oxygen atoms in total. The summed E-state index contributed by atoms with van der Waals surface area (Å²) in [6.07, 6.45) is 7.01. The summed E-state index contributed by atoms with van der Waals surface area (Å²) < 4.78 is 0. The number of nitrogens with zero attached hydrogens (tertiary/aromatic N) is 1. The largest absolute Gasteiger partial charge is 0.256 e. The summed E-state index contributed by atoms with van der Waals surface area (Å²) in [5.41, 5.74) is 3.67. The van der Waals surface area contributed by atoms with E-state index in [1.165, 1.54) is 47.6 Å². The van der Waals surface area contributed by atoms with Crippen LogP contribution in [0.2, 0.25) is 0 Å². The molecule has 0 radical (unpaired) electrons. The standard InChI is InChI=1S/C20H21N/c1-2-3-4-7-16-10-12-17(13-11-16)20-14-18-8-5-6-9-19(18)15-21-20/h5-6,8-15H,2-4,7H2,1H3. The molecule has 21 heavy (non-hydrogen) atoms. The number of aromatic nitrogens is 1. The van der Waals surface area contributed by atoms with E-state index < -0.39 is 0 Å². The maximum Gasteiger partial charge on any atom is 0.0708 e. The van der Waals surface area contributed by atoms with Crippen LogP contribution in [0.1, 0.15) is 31.7 Å². The number of benzene rings is 2. The Bertz CT molecular complexity index is 713. The fourth-order valence-electron chi connectivity index (χ4n) is 2.66. The second kappa shape index (κ2) is 6.53. The highest BCUT2D eigenvalue weighted by Gasteiger charge is 2.01. The molecular weight excluding hydrogens is 254 g/mol. The van der Waals surface area contributed by atoms with Gasteiger partial charge >= 0.3 is 0 Å². The Morgan fingerprint density at radius 1 is 0.857 bits per heavy atom. The van der Waals surface area contributed by atoms with Crippen molar-refractivity contribution in [3.8, 4) is 11.3 Å². The topological polar surface area (TPSA) is 12.9 Å². The highest BCUT2D eigenvalue weighted by atomic mass is 14.7. The van der Waals surface area contributed by atoms with Crippen molar-refractivity contribution < 1.29 is 0 Å². The van der Waals surface area contributed by atoms with Crippen molar-refractivity contribution in [2.75, 3.05) is 0 Å². The Kier molecular flexibility index (Phi) is 4.30. The summed E-state index contributed by atoms with van der Waals surface area (Å²) in [4.78, 5) is 4.58. The molecule has 1 heterocycles. The number of pyridine rings is 1. The van der Waals surface area contributed by atoms with E-state index >= 15 is 0 Å². The van der Waals surface area contributed by atoms with Crippen molar-refractivity contribution in [1.82, 2.24) is 4.98 Å². The monoisotopic (exact) mass is 275 g/mol. The van der Waals surface area contributed by atoms with Gasteiger partial charge in [0.2, 0.25) is 0 Å². The molecule has 106 valence electrons. The number of rotatable bonds is 5. The van der Waals surface area contributed by atoms with Gasteiger partial charge in [0.05, 0.1) is 5.69 Å². The Labute approximate surface area is 126 Å². The minimum absolute atomic E-state index is 1.05. The van der Waals surface area contributed by atoms with E-state index in [-0.39, 0.29) is 0 Å². The molecule has 0 amide bonds. The van der Waals surface area contributed by atoms with Crippen LogP contribution in [0.4, 0.5) is 0 Å². The third kappa shape index (κ3) is 3.30. The molecule has 0 bridgehead atoms. The summed E-state index contributed by atoms with van der Waals surface area (Å²) in [6, 6.07) is 19.4. The zero-order valence-corrected chi connectivity index (χ0v) is 12.5. The van der Waals surface area contributed by atoms with E-state index in [2.05, 4.69) is 66.5 Å². The zero-order chi connectivity index (χ0) is 14.5. The predicted molar refractivity (Wildman–Crippen MR) is 90.4 cm³/mol. The lowest BCUT2D eigenvalue weighted by Crippen LogP contribution is -1.87. The number of unbranched alkanes of at least 4 members (excludes halogenated alkanes) is 2. The maximum absolute atomic E-state index is 4.58. The highest BCUT2D eigenvalue weighted by Crippen LogP contribution is 2.22. The number of hydrogen-bond donors (Lipinski definition) is 0. The Hall–Kier alpha value is -2.15. The Balaban J connectivity index is 1.81. The van der Waals surface area contributed by atoms with Crippen molar-refractivity contribution in [2.45, 2.75) is 32.6 Å². The van der Waals surface area contributed by atoms with Crippen LogP contribution in [0, 0.1) is 0 Å². The summed E-state index contributed by atoms with van der Waals surface area (Å²) in [6.45, 7) is 2.24. The molecular formula is C20H21N. The van der Waals surface area contributed by atoms with Gasteiger partial charge in [-0.2, -0.15) is 0 Å². The van der Waals surface area contributed by atoms with Crippen molar-refractivity contribution in [2.24, 2.45) is 0 Å². The number of hydrogen-bond acceptors (Lipinski definition) is 1. The number of fused-ring (bicyclic) bond motifs is 1. The molecule has 3 aromatic rings. The van der Waals surface area contributed by atoms with Gasteiger partial charge in [0, 0.05) is 17.1 Å². The smallest absolute Gasteiger partial charge is 0.0708 e. The number of aryl methyl sites for hydroxylation is 1. The second-order valence-electron chi connectivity index (χ2n) is 5.57. The van der Waals surface area contributed by atoms with Gasteiger partial charge in [0.25, 0.3) is 0 Å². The van der Waals surface area contributed by atoms with Gasteiger partial charge in [0.15, 0.2) is 0 Å². The van der Waals surface area contributed by atoms with Crippen LogP contribution in [0.5, 0.6) is 0 Å². The highest BCUT2D eigenvalue weighted by molar-refractivity contribution is 5.85. The van der Waals surface area contributed by atoms with Crippen LogP contribution in [0.15, 0.2) is 60.8 Å². The lowest BCUT2D eigenvalue weighted by Gasteiger charge is -2.05. The molecule has 0 fully saturated rings. The average Bonchev–Trinajstić information content (AvgIpc) is 2.55. The van der Waals surface area contributed by atoms with Gasteiger partial charge in [-0.05, 0) is 29.9 Å². The van der Waals surface area contributed by atoms with Crippen molar-refractivity contribution in [3.05, 3.63) is 66.4 Å². The molecule has 0 atom stereocenters. The lowest BCUT2D eigenvalue weighted by atomic mass is 10.0. The van der Waals surface area contributed by atoms with Gasteiger partial charge in [-0.15, -0.1) is 0 Å². The Morgan fingerprint density at radius 2 is 1.62 bits per heavy atom. The zero-order valence-electron chi connectivity index (χ0n) is 12.5. The maximum atomic E-state index is 4.58. The first-order valence-electron chi connectivity index (χ1n) is 7.81. The minimum atomic E-state index is 1.05. The normalized spacial score (nSPS) is 10.9. The molecule has 3 rings (SSSR count). The molecule has 2 aromatic carbocycles. The van der Waals surface area contributed by atoms with Crippen LogP contribution in [0.3, 0.4) is 0 Å². The fourth-order valence-corrected chi connectivity index (χ4v) is 2.66. The fraction of sp³-hybridized carbons (Fsp3) is 0.250. The van der Waals surface area contributed by atoms with E-state index in [9.17, 15) is 0 Å². The molecule has 0 aliphatic rings. The molecule has 0 aliphatic heterocycles. The molecule has 0 saturated heterocycles. The molecule has 0 saturated carbocycles. The quantitative estimate of drug-likeness (QED) is 0.549. The predicted octanol–water partition coefficient (Wildman–Crippen LogP) is 5.63. The van der Waals surface area contributed by atoms with Crippen molar-refractivity contribution >= 4 is 10.8 Å². The second-order valence-corrected chi connectivity index (χ2v) is 5.57. The van der Waals surface area contributed by atoms with Gasteiger partial charge < -0.3 is 0 Å². The van der Waals surface area contributed by atoms with Gasteiger partial charge in [-0.3, -0.25) is 4.98 Å². The molecule has 0 aliphatic carbocycles. The van der Waals surface area contributed by atoms with Gasteiger partial charge in [-0.25, -0.2) is 0 Å². The summed E-state index contributed by atoms with van der Waals surface area (Å²) in [5.74, 6) is 0. The molecule has 1 aromatic heterocycles.